The molecule has 0 saturated heterocycles. The molecule has 0 radical (unpaired) electrons. The van der Waals surface area contributed by atoms with Gasteiger partial charge in [0.1, 0.15) is 0 Å². The Morgan fingerprint density at radius 2 is 2.67 bits per heavy atom. The van der Waals surface area contributed by atoms with E-state index in [4.69, 9.17) is 11.8 Å². The smallest absolute Gasteiger partial charge is 0.278 e. The summed E-state index contributed by atoms with van der Waals surface area (Å²) in [5.74, 6) is 0. The first-order valence-electron chi connectivity index (χ1n) is 1.00. The van der Waals surface area contributed by atoms with E-state index in [9.17, 15) is 0 Å². The second-order valence-corrected chi connectivity index (χ2v) is 0.839. The molecule has 0 rings (SSSR count). The van der Waals surface area contributed by atoms with Gasteiger partial charge in [-0.1, -0.05) is 0 Å². The number of rotatable bonds is 1. The molecule has 0 aliphatic rings. The van der Waals surface area contributed by atoms with Gasteiger partial charge >= 0.3 is 18.5 Å². The number of hydrogen-bond donors (Lipinski definition) is 0. The lowest BCUT2D eigenvalue weighted by Crippen LogP contribution is -1.50. The number of nitriles is 1. The molecule has 0 N–H and O–H groups in total. The van der Waals surface area contributed by atoms with E-state index >= 15 is 0 Å². The van der Waals surface area contributed by atoms with E-state index in [-0.39, 0.29) is 0 Å². The highest BCUT2D eigenvalue weighted by Gasteiger charge is 1.81. The quantitative estimate of drug-likeness (QED) is 0.162. The van der Waals surface area contributed by atoms with Gasteiger partial charge in [-0.3, -0.25) is 4.18 Å². The second-order valence-electron chi connectivity index (χ2n) is 0.340. The van der Waals surface area contributed by atoms with Crippen LogP contribution < -0.4 is 0 Å². The first kappa shape index (κ1) is 5.13. The molecule has 0 amide bonds. The molecule has 0 aromatic heterocycles. The van der Waals surface area contributed by atoms with Crippen LogP contribution in [0.5, 0.6) is 0 Å². The molecule has 30 valence electrons. The summed E-state index contributed by atoms with van der Waals surface area (Å²) in [6, 6.07) is 0. The van der Waals surface area contributed by atoms with E-state index < -0.39 is 0 Å². The normalized spacial score (nSPS) is 5.00. The summed E-state index contributed by atoms with van der Waals surface area (Å²) in [6.45, 7) is 6.02. The van der Waals surface area contributed by atoms with Crippen LogP contribution in [0.4, 0.5) is 0 Å². The lowest BCUT2D eigenvalue weighted by molar-refractivity contribution is 0.600. The molecule has 0 bridgehead atoms. The van der Waals surface area contributed by atoms with Crippen molar-refractivity contribution < 1.29 is 4.18 Å². The zero-order valence-electron chi connectivity index (χ0n) is 2.71. The van der Waals surface area contributed by atoms with Crippen LogP contribution in [-0.4, -0.2) is 0 Å². The van der Waals surface area contributed by atoms with Crippen LogP contribution in [0.15, 0.2) is 0 Å². The average molecular weight is 100 g/mol. The predicted molar refractivity (Wildman–Crippen MR) is 20.9 cm³/mol. The first-order valence-corrected chi connectivity index (χ1v) is 1.70. The molecule has 0 aromatic carbocycles. The Kier molecular flexibility index (Phi) is 3.53. The fourth-order valence-corrected chi connectivity index (χ4v) is 0.106. The van der Waals surface area contributed by atoms with E-state index in [0.717, 1.165) is 0 Å². The first-order chi connectivity index (χ1) is 2.91. The summed E-state index contributed by atoms with van der Waals surface area (Å²) in [7, 11) is 0. The molecule has 0 aromatic rings. The van der Waals surface area contributed by atoms with Crippen LogP contribution in [0.25, 0.3) is 4.25 Å². The van der Waals surface area contributed by atoms with Gasteiger partial charge in [0, 0.05) is 0 Å². The highest BCUT2D eigenvalue weighted by Crippen LogP contribution is 1.98. The highest BCUT2D eigenvalue weighted by molar-refractivity contribution is 7.96. The van der Waals surface area contributed by atoms with Crippen molar-refractivity contribution in [1.29, 1.82) is 5.26 Å². The standard InChI is InChI=1S/C2N2OS/c1-4-6-5-2-3. The van der Waals surface area contributed by atoms with Gasteiger partial charge in [0.2, 0.25) is 0 Å². The largest absolute Gasteiger partial charge is 0.515 e. The van der Waals surface area contributed by atoms with Crippen LogP contribution in [0.3, 0.4) is 0 Å². The van der Waals surface area contributed by atoms with Gasteiger partial charge in [0.15, 0.2) is 0 Å². The van der Waals surface area contributed by atoms with Gasteiger partial charge in [0.25, 0.3) is 0 Å². The molecule has 3 nitrogen and oxygen atoms in total. The van der Waals surface area contributed by atoms with Gasteiger partial charge in [-0.05, 0) is 0 Å². The minimum absolute atomic E-state index is 0.439. The third-order valence-electron chi connectivity index (χ3n) is 0.112. The van der Waals surface area contributed by atoms with Gasteiger partial charge in [-0.25, -0.2) is 6.57 Å². The van der Waals surface area contributed by atoms with E-state index in [2.05, 4.69) is 8.43 Å². The van der Waals surface area contributed by atoms with E-state index in [1.807, 2.05) is 0 Å². The van der Waals surface area contributed by atoms with Crippen molar-refractivity contribution in [2.75, 3.05) is 0 Å². The molecule has 0 heterocycles. The fourth-order valence-electron chi connectivity index (χ4n) is 0.0353. The van der Waals surface area contributed by atoms with Gasteiger partial charge in [-0.15, -0.1) is 5.26 Å². The Balaban J connectivity index is 2.78. The molecule has 0 atom stereocenters. The lowest BCUT2D eigenvalue weighted by atomic mass is 11.6. The molecule has 0 unspecified atom stereocenters. The molecular formula is C2N2OS. The maximum atomic E-state index is 7.56. The Hall–Kier alpha value is -0.870. The lowest BCUT2D eigenvalue weighted by Gasteiger charge is -1.63. The minimum atomic E-state index is 0.439. The van der Waals surface area contributed by atoms with Crippen LogP contribution in [0.1, 0.15) is 0 Å². The van der Waals surface area contributed by atoms with Crippen LogP contribution >= 0.6 is 12.2 Å². The highest BCUT2D eigenvalue weighted by atomic mass is 32.2. The Morgan fingerprint density at radius 1 is 2.00 bits per heavy atom. The average Bonchev–Trinajstić information content (AvgIpc) is 1.61. The van der Waals surface area contributed by atoms with Crippen molar-refractivity contribution in [3.8, 4) is 6.26 Å². The summed E-state index contributed by atoms with van der Waals surface area (Å²) in [4.78, 5) is 0. The van der Waals surface area contributed by atoms with E-state index in [1.165, 1.54) is 6.26 Å². The van der Waals surface area contributed by atoms with Gasteiger partial charge in [-0.2, -0.15) is 4.25 Å². The van der Waals surface area contributed by atoms with Crippen molar-refractivity contribution in [3.05, 3.63) is 10.8 Å². The molecule has 0 saturated carbocycles. The Morgan fingerprint density at radius 3 is 2.83 bits per heavy atom. The molecule has 6 heavy (non-hydrogen) atoms. The zero-order valence-corrected chi connectivity index (χ0v) is 3.53. The van der Waals surface area contributed by atoms with Crippen molar-refractivity contribution in [1.82, 2.24) is 0 Å². The zero-order chi connectivity index (χ0) is 4.83. The topological polar surface area (TPSA) is 37.4 Å². The molecular weight excluding hydrogens is 100 g/mol. The number of nitrogens with zero attached hydrogens (tertiary/aromatic N) is 2. The Labute approximate surface area is 39.7 Å². The molecule has 4 heteroatoms. The van der Waals surface area contributed by atoms with E-state index in [0.29, 0.717) is 12.2 Å². The van der Waals surface area contributed by atoms with Crippen molar-refractivity contribution in [2.45, 2.75) is 0 Å². The van der Waals surface area contributed by atoms with Crippen molar-refractivity contribution >= 4 is 12.2 Å². The number of hydrogen-bond acceptors (Lipinski definition) is 3. The molecule has 0 fully saturated rings. The van der Waals surface area contributed by atoms with Gasteiger partial charge in [0.05, 0.1) is 0 Å². The van der Waals surface area contributed by atoms with Crippen molar-refractivity contribution in [3.63, 3.8) is 0 Å². The second kappa shape index (κ2) is 4.13. The summed E-state index contributed by atoms with van der Waals surface area (Å²) in [5.41, 5.74) is 0. The summed E-state index contributed by atoms with van der Waals surface area (Å²) >= 11 is 0.439. The van der Waals surface area contributed by atoms with Crippen LogP contribution in [0.2, 0.25) is 0 Å². The third kappa shape index (κ3) is 3.13. The molecule has 0 spiro atoms. The SMILES string of the molecule is [C-]#[N+]SOC#N. The monoisotopic (exact) mass is 100.0 g/mol. The summed E-state index contributed by atoms with van der Waals surface area (Å²) in [5, 5.41) is 7.56. The summed E-state index contributed by atoms with van der Waals surface area (Å²) < 4.78 is 6.50. The fraction of sp³-hybridized carbons (Fsp3) is 0. The maximum Gasteiger partial charge on any atom is 0.515 e. The van der Waals surface area contributed by atoms with Crippen LogP contribution in [-0.2, 0) is 4.18 Å². The molecule has 0 aliphatic heterocycles. The van der Waals surface area contributed by atoms with Crippen molar-refractivity contribution in [2.24, 2.45) is 0 Å². The minimum Gasteiger partial charge on any atom is -0.278 e. The maximum absolute atomic E-state index is 7.56. The third-order valence-corrected chi connectivity index (χ3v) is 0.335. The Bertz CT molecular complexity index is 85.1. The van der Waals surface area contributed by atoms with Gasteiger partial charge < -0.3 is 0 Å². The summed E-state index contributed by atoms with van der Waals surface area (Å²) in [6.07, 6.45) is 1.32. The van der Waals surface area contributed by atoms with Crippen LogP contribution in [0, 0.1) is 18.1 Å². The van der Waals surface area contributed by atoms with E-state index in [1.54, 1.807) is 0 Å². The predicted octanol–water partition coefficient (Wildman–Crippen LogP) is 0.967. The molecule has 0 aliphatic carbocycles.